The summed E-state index contributed by atoms with van der Waals surface area (Å²) >= 11 is 0. The molecule has 264 valence electrons. The zero-order chi connectivity index (χ0) is 36.5. The van der Waals surface area contributed by atoms with Gasteiger partial charge in [0.2, 0.25) is 5.71 Å². The average molecular weight is 712 g/mol. The molecule has 12 rings (SSSR count). The highest BCUT2D eigenvalue weighted by atomic mass is 16.3. The van der Waals surface area contributed by atoms with Crippen molar-refractivity contribution >= 4 is 22.1 Å². The van der Waals surface area contributed by atoms with Gasteiger partial charge in [0.25, 0.3) is 0 Å². The van der Waals surface area contributed by atoms with E-state index in [4.69, 9.17) is 19.4 Å². The number of nitriles is 1. The molecule has 0 N–H and O–H groups in total. The van der Waals surface area contributed by atoms with Gasteiger partial charge in [-0.15, -0.1) is 0 Å². The first-order valence-electron chi connectivity index (χ1n) is 19.4. The Bertz CT molecular complexity index is 2740. The van der Waals surface area contributed by atoms with Crippen LogP contribution >= 0.6 is 0 Å². The lowest BCUT2D eigenvalue weighted by molar-refractivity contribution is -0.00518. The number of benzene rings is 5. The van der Waals surface area contributed by atoms with Crippen molar-refractivity contribution in [2.24, 2.45) is 17.8 Å². The third kappa shape index (κ3) is 5.53. The Morgan fingerprint density at radius 3 is 1.58 bits per heavy atom. The van der Waals surface area contributed by atoms with Crippen LogP contribution in [0.4, 0.5) is 0 Å². The molecule has 0 aliphatic heterocycles. The van der Waals surface area contributed by atoms with Gasteiger partial charge in [0.05, 0.1) is 17.2 Å². The molecule has 4 aliphatic carbocycles. The Morgan fingerprint density at radius 1 is 0.527 bits per heavy atom. The van der Waals surface area contributed by atoms with Crippen molar-refractivity contribution in [2.75, 3.05) is 0 Å². The van der Waals surface area contributed by atoms with Gasteiger partial charge in [0.1, 0.15) is 5.58 Å². The number of hydrogen-bond donors (Lipinski definition) is 0. The van der Waals surface area contributed by atoms with Crippen LogP contribution in [0.3, 0.4) is 0 Å². The number of rotatable bonds is 6. The highest BCUT2D eigenvalue weighted by Gasteiger charge is 2.51. The molecule has 5 aromatic carbocycles. The van der Waals surface area contributed by atoms with Crippen LogP contribution in [0.5, 0.6) is 0 Å². The van der Waals surface area contributed by atoms with Crippen LogP contribution in [0.2, 0.25) is 0 Å². The molecule has 0 amide bonds. The minimum atomic E-state index is 0.401. The molecule has 4 bridgehead atoms. The van der Waals surface area contributed by atoms with Gasteiger partial charge in [-0.1, -0.05) is 97.1 Å². The molecule has 4 fully saturated rings. The van der Waals surface area contributed by atoms with E-state index in [2.05, 4.69) is 71.7 Å². The van der Waals surface area contributed by atoms with Gasteiger partial charge in [-0.3, -0.25) is 0 Å². The predicted molar refractivity (Wildman–Crippen MR) is 217 cm³/mol. The summed E-state index contributed by atoms with van der Waals surface area (Å²) in [6.45, 7) is 0. The monoisotopic (exact) mass is 711 g/mol. The first-order valence-corrected chi connectivity index (χ1v) is 19.4. The molecule has 4 saturated carbocycles. The summed E-state index contributed by atoms with van der Waals surface area (Å²) in [4.78, 5) is 19.6. The summed E-state index contributed by atoms with van der Waals surface area (Å²) in [6.07, 6.45) is 10.3. The number of aromatic nitrogens is 4. The van der Waals surface area contributed by atoms with Crippen LogP contribution < -0.4 is 0 Å². The van der Waals surface area contributed by atoms with Crippen molar-refractivity contribution in [3.8, 4) is 62.5 Å². The number of furan rings is 1. The van der Waals surface area contributed by atoms with E-state index < -0.39 is 0 Å². The van der Waals surface area contributed by atoms with Crippen molar-refractivity contribution in [1.29, 1.82) is 5.26 Å². The number of pyridine rings is 1. The standard InChI is InChI=1S/C49H37N5O/c50-29-30-6-8-34(9-7-30)35-10-14-38(15-11-35)45-52-46(54-47(53-45)43-4-1-3-41-42-5-2-22-51-48(42)55-44(41)43)39-16-12-36(13-17-39)37-18-20-40(21-19-37)49-26-31-23-32(27-49)25-33(24-31)28-49/h1-22,31-33H,23-28H2. The van der Waals surface area contributed by atoms with E-state index in [1.807, 2.05) is 66.7 Å². The van der Waals surface area contributed by atoms with Crippen molar-refractivity contribution in [3.63, 3.8) is 0 Å². The van der Waals surface area contributed by atoms with Gasteiger partial charge in [0.15, 0.2) is 17.5 Å². The van der Waals surface area contributed by atoms with Crippen LogP contribution in [0, 0.1) is 29.1 Å². The number of para-hydroxylation sites is 1. The first-order chi connectivity index (χ1) is 27.1. The van der Waals surface area contributed by atoms with Crippen LogP contribution in [-0.2, 0) is 5.41 Å². The topological polar surface area (TPSA) is 88.5 Å². The molecule has 0 unspecified atom stereocenters. The zero-order valence-electron chi connectivity index (χ0n) is 30.3. The molecule has 55 heavy (non-hydrogen) atoms. The van der Waals surface area contributed by atoms with Gasteiger partial charge >= 0.3 is 0 Å². The van der Waals surface area contributed by atoms with Gasteiger partial charge in [-0.2, -0.15) is 5.26 Å². The largest absolute Gasteiger partial charge is 0.437 e. The Balaban J connectivity index is 0.956. The molecule has 3 heterocycles. The highest BCUT2D eigenvalue weighted by Crippen LogP contribution is 2.60. The second-order valence-electron chi connectivity index (χ2n) is 16.1. The summed E-state index contributed by atoms with van der Waals surface area (Å²) in [5.74, 6) is 4.50. The maximum absolute atomic E-state index is 9.24. The van der Waals surface area contributed by atoms with E-state index in [0.29, 0.717) is 39.7 Å². The average Bonchev–Trinajstić information content (AvgIpc) is 3.62. The first kappa shape index (κ1) is 32.0. The second kappa shape index (κ2) is 12.6. The molecule has 0 radical (unpaired) electrons. The summed E-state index contributed by atoms with van der Waals surface area (Å²) < 4.78 is 6.32. The predicted octanol–water partition coefficient (Wildman–Crippen LogP) is 11.8. The lowest BCUT2D eigenvalue weighted by atomic mass is 9.48. The lowest BCUT2D eigenvalue weighted by Gasteiger charge is -2.57. The van der Waals surface area contributed by atoms with Crippen LogP contribution in [0.15, 0.2) is 138 Å². The van der Waals surface area contributed by atoms with Gasteiger partial charge in [0, 0.05) is 28.1 Å². The highest BCUT2D eigenvalue weighted by molar-refractivity contribution is 6.08. The fourth-order valence-electron chi connectivity index (χ4n) is 10.4. The van der Waals surface area contributed by atoms with Crippen molar-refractivity contribution in [3.05, 3.63) is 145 Å². The van der Waals surface area contributed by atoms with Gasteiger partial charge in [-0.25, -0.2) is 19.9 Å². The number of fused-ring (bicyclic) bond motifs is 3. The van der Waals surface area contributed by atoms with Crippen molar-refractivity contribution in [2.45, 2.75) is 43.9 Å². The Morgan fingerprint density at radius 2 is 1.02 bits per heavy atom. The number of hydrogen-bond acceptors (Lipinski definition) is 6. The summed E-state index contributed by atoms with van der Waals surface area (Å²) in [6, 6.07) is 46.1. The Hall–Kier alpha value is -6.45. The third-order valence-corrected chi connectivity index (χ3v) is 12.7. The minimum absolute atomic E-state index is 0.401. The summed E-state index contributed by atoms with van der Waals surface area (Å²) in [5, 5.41) is 11.2. The minimum Gasteiger partial charge on any atom is -0.437 e. The van der Waals surface area contributed by atoms with Crippen molar-refractivity contribution < 1.29 is 4.42 Å². The van der Waals surface area contributed by atoms with E-state index in [0.717, 1.165) is 56.3 Å². The molecule has 3 aromatic heterocycles. The van der Waals surface area contributed by atoms with E-state index in [1.54, 1.807) is 11.8 Å². The zero-order valence-corrected chi connectivity index (χ0v) is 30.3. The molecule has 4 aliphatic rings. The summed E-state index contributed by atoms with van der Waals surface area (Å²) in [5.41, 5.74) is 10.9. The molecular formula is C49H37N5O. The summed E-state index contributed by atoms with van der Waals surface area (Å²) in [7, 11) is 0. The van der Waals surface area contributed by atoms with Crippen LogP contribution in [-0.4, -0.2) is 19.9 Å². The van der Waals surface area contributed by atoms with Crippen molar-refractivity contribution in [1.82, 2.24) is 19.9 Å². The van der Waals surface area contributed by atoms with E-state index in [9.17, 15) is 5.26 Å². The van der Waals surface area contributed by atoms with E-state index >= 15 is 0 Å². The maximum atomic E-state index is 9.24. The van der Waals surface area contributed by atoms with Gasteiger partial charge in [-0.05, 0) is 120 Å². The molecule has 0 saturated heterocycles. The molecule has 6 heteroatoms. The SMILES string of the molecule is N#Cc1ccc(-c2ccc(-c3nc(-c4ccc(-c5ccc(C67CC8CC(CC(C8)C6)C7)cc5)cc4)nc(-c4cccc5c4oc4ncccc45)n3)cc2)cc1. The van der Waals surface area contributed by atoms with E-state index in [1.165, 1.54) is 49.7 Å². The fraction of sp³-hybridized carbons (Fsp3) is 0.204. The van der Waals surface area contributed by atoms with E-state index in [-0.39, 0.29) is 0 Å². The third-order valence-electron chi connectivity index (χ3n) is 12.7. The number of nitrogens with zero attached hydrogens (tertiary/aromatic N) is 5. The van der Waals surface area contributed by atoms with Crippen LogP contribution in [0.25, 0.3) is 78.5 Å². The van der Waals surface area contributed by atoms with Gasteiger partial charge < -0.3 is 4.42 Å². The second-order valence-corrected chi connectivity index (χ2v) is 16.1. The lowest BCUT2D eigenvalue weighted by Crippen LogP contribution is -2.48. The normalized spacial score (nSPS) is 21.3. The molecular weight excluding hydrogens is 675 g/mol. The Labute approximate surface area is 319 Å². The maximum Gasteiger partial charge on any atom is 0.227 e. The van der Waals surface area contributed by atoms with Crippen LogP contribution in [0.1, 0.15) is 49.7 Å². The quantitative estimate of drug-likeness (QED) is 0.171. The Kier molecular flexibility index (Phi) is 7.32. The molecule has 0 atom stereocenters. The molecule has 6 nitrogen and oxygen atoms in total. The smallest absolute Gasteiger partial charge is 0.227 e. The molecule has 8 aromatic rings. The fourth-order valence-corrected chi connectivity index (χ4v) is 10.4. The molecule has 0 spiro atoms.